The van der Waals surface area contributed by atoms with Gasteiger partial charge in [-0.2, -0.15) is 11.8 Å². The monoisotopic (exact) mass is 272 g/mol. The Morgan fingerprint density at radius 2 is 2.06 bits per heavy atom. The van der Waals surface area contributed by atoms with Crippen molar-refractivity contribution < 1.29 is 9.53 Å². The van der Waals surface area contributed by atoms with Gasteiger partial charge in [-0.3, -0.25) is 0 Å². The van der Waals surface area contributed by atoms with Crippen LogP contribution in [-0.2, 0) is 4.74 Å². The summed E-state index contributed by atoms with van der Waals surface area (Å²) in [4.78, 5) is 14.2. The van der Waals surface area contributed by atoms with E-state index < -0.39 is 0 Å². The topological polar surface area (TPSA) is 41.6 Å². The summed E-state index contributed by atoms with van der Waals surface area (Å²) in [6, 6.07) is 0.304. The van der Waals surface area contributed by atoms with Crippen LogP contribution in [0.4, 0.5) is 4.79 Å². The van der Waals surface area contributed by atoms with Crippen molar-refractivity contribution in [1.29, 1.82) is 0 Å². The fourth-order valence-corrected chi connectivity index (χ4v) is 3.63. The lowest BCUT2D eigenvalue weighted by Gasteiger charge is -2.33. The molecule has 2 fully saturated rings. The molecule has 0 radical (unpaired) electrons. The zero-order chi connectivity index (χ0) is 12.8. The molecule has 1 N–H and O–H groups in total. The number of nitrogens with one attached hydrogen (secondary N) is 1. The van der Waals surface area contributed by atoms with Gasteiger partial charge in [-0.05, 0) is 25.0 Å². The van der Waals surface area contributed by atoms with Crippen LogP contribution in [0, 0.1) is 0 Å². The Morgan fingerprint density at radius 3 is 2.89 bits per heavy atom. The number of rotatable bonds is 2. The minimum atomic E-state index is 0.103. The first kappa shape index (κ1) is 14.0. The van der Waals surface area contributed by atoms with Crippen molar-refractivity contribution in [2.45, 2.75) is 44.2 Å². The molecule has 1 saturated heterocycles. The number of ether oxygens (including phenoxy) is 1. The SMILES string of the molecule is CO[C@H]1CCCC[C@@H]1NC(=O)N1CCCSCC1. The molecule has 18 heavy (non-hydrogen) atoms. The van der Waals surface area contributed by atoms with E-state index in [0.717, 1.165) is 38.1 Å². The number of thioether (sulfide) groups is 1. The van der Waals surface area contributed by atoms with Gasteiger partial charge < -0.3 is 15.0 Å². The Hall–Kier alpha value is -0.420. The van der Waals surface area contributed by atoms with E-state index in [1.807, 2.05) is 16.7 Å². The predicted molar refractivity (Wildman–Crippen MR) is 75.1 cm³/mol. The second-order valence-corrected chi connectivity index (χ2v) is 6.29. The lowest BCUT2D eigenvalue weighted by Crippen LogP contribution is -2.51. The van der Waals surface area contributed by atoms with Crippen molar-refractivity contribution in [1.82, 2.24) is 10.2 Å². The number of carbonyl (C=O) groups is 1. The number of amides is 2. The van der Waals surface area contributed by atoms with E-state index in [2.05, 4.69) is 5.32 Å². The number of hydrogen-bond acceptors (Lipinski definition) is 3. The van der Waals surface area contributed by atoms with Gasteiger partial charge >= 0.3 is 6.03 Å². The third-order valence-corrected chi connectivity index (χ3v) is 4.87. The molecule has 2 atom stereocenters. The molecule has 0 unspecified atom stereocenters. The molecule has 1 heterocycles. The summed E-state index contributed by atoms with van der Waals surface area (Å²) in [6.45, 7) is 1.77. The largest absolute Gasteiger partial charge is 0.379 e. The average Bonchev–Trinajstić information content (AvgIpc) is 2.68. The lowest BCUT2D eigenvalue weighted by molar-refractivity contribution is 0.0432. The highest BCUT2D eigenvalue weighted by Gasteiger charge is 2.27. The first-order valence-corrected chi connectivity index (χ1v) is 8.12. The van der Waals surface area contributed by atoms with Crippen LogP contribution in [0.15, 0.2) is 0 Å². The number of methoxy groups -OCH3 is 1. The molecule has 5 heteroatoms. The Bertz CT molecular complexity index is 268. The van der Waals surface area contributed by atoms with Crippen LogP contribution in [-0.4, -0.2) is 54.8 Å². The molecular formula is C13H24N2O2S. The molecule has 2 amide bonds. The van der Waals surface area contributed by atoms with Crippen LogP contribution < -0.4 is 5.32 Å². The van der Waals surface area contributed by atoms with Gasteiger partial charge in [-0.15, -0.1) is 0 Å². The van der Waals surface area contributed by atoms with Gasteiger partial charge in [-0.1, -0.05) is 12.8 Å². The fourth-order valence-electron chi connectivity index (χ4n) is 2.74. The average molecular weight is 272 g/mol. The molecule has 0 aromatic heterocycles. The van der Waals surface area contributed by atoms with Crippen LogP contribution >= 0.6 is 11.8 Å². The first-order valence-electron chi connectivity index (χ1n) is 6.97. The van der Waals surface area contributed by atoms with E-state index in [-0.39, 0.29) is 18.2 Å². The summed E-state index contributed by atoms with van der Waals surface area (Å²) in [5, 5.41) is 3.17. The van der Waals surface area contributed by atoms with Crippen molar-refractivity contribution in [2.24, 2.45) is 0 Å². The first-order chi connectivity index (χ1) is 8.81. The summed E-state index contributed by atoms with van der Waals surface area (Å²) in [7, 11) is 1.75. The zero-order valence-corrected chi connectivity index (χ0v) is 12.0. The standard InChI is InChI=1S/C13H24N2O2S/c1-17-12-6-3-2-5-11(12)14-13(16)15-7-4-9-18-10-8-15/h11-12H,2-10H2,1H3,(H,14,16)/t11-,12-/m0/s1. The molecule has 104 valence electrons. The molecule has 2 rings (SSSR count). The van der Waals surface area contributed by atoms with Gasteiger partial charge in [0.1, 0.15) is 0 Å². The smallest absolute Gasteiger partial charge is 0.317 e. The van der Waals surface area contributed by atoms with Crippen LogP contribution in [0.2, 0.25) is 0 Å². The summed E-state index contributed by atoms with van der Waals surface area (Å²) in [5.41, 5.74) is 0. The van der Waals surface area contributed by atoms with Crippen LogP contribution in [0.3, 0.4) is 0 Å². The summed E-state index contributed by atoms with van der Waals surface area (Å²) in [6.07, 6.45) is 5.83. The normalized spacial score (nSPS) is 29.7. The Kier molecular flexibility index (Phi) is 5.63. The van der Waals surface area contributed by atoms with Gasteiger partial charge in [0, 0.05) is 26.0 Å². The number of hydrogen-bond donors (Lipinski definition) is 1. The van der Waals surface area contributed by atoms with E-state index in [9.17, 15) is 4.79 Å². The van der Waals surface area contributed by atoms with E-state index in [0.29, 0.717) is 0 Å². The van der Waals surface area contributed by atoms with Gasteiger partial charge in [0.2, 0.25) is 0 Å². The van der Waals surface area contributed by atoms with Crippen molar-refractivity contribution in [3.8, 4) is 0 Å². The Morgan fingerprint density at radius 1 is 1.22 bits per heavy atom. The third-order valence-electron chi connectivity index (χ3n) is 3.82. The maximum absolute atomic E-state index is 12.2. The highest BCUT2D eigenvalue weighted by molar-refractivity contribution is 7.99. The van der Waals surface area contributed by atoms with Crippen molar-refractivity contribution in [2.75, 3.05) is 31.7 Å². The molecule has 0 bridgehead atoms. The highest BCUT2D eigenvalue weighted by Crippen LogP contribution is 2.21. The molecular weight excluding hydrogens is 248 g/mol. The fraction of sp³-hybridized carbons (Fsp3) is 0.923. The third kappa shape index (κ3) is 3.79. The van der Waals surface area contributed by atoms with Gasteiger partial charge in [0.15, 0.2) is 0 Å². The van der Waals surface area contributed by atoms with Crippen molar-refractivity contribution in [3.63, 3.8) is 0 Å². The molecule has 2 aliphatic rings. The van der Waals surface area contributed by atoms with E-state index in [4.69, 9.17) is 4.74 Å². The molecule has 1 saturated carbocycles. The highest BCUT2D eigenvalue weighted by atomic mass is 32.2. The number of carbonyl (C=O) groups excluding carboxylic acids is 1. The van der Waals surface area contributed by atoms with Crippen LogP contribution in [0.25, 0.3) is 0 Å². The second-order valence-electron chi connectivity index (χ2n) is 5.07. The van der Waals surface area contributed by atoms with E-state index in [1.54, 1.807) is 7.11 Å². The number of urea groups is 1. The minimum Gasteiger partial charge on any atom is -0.379 e. The predicted octanol–water partition coefficient (Wildman–Crippen LogP) is 2.09. The minimum absolute atomic E-state index is 0.103. The molecule has 0 aromatic rings. The maximum atomic E-state index is 12.2. The maximum Gasteiger partial charge on any atom is 0.317 e. The van der Waals surface area contributed by atoms with E-state index >= 15 is 0 Å². The van der Waals surface area contributed by atoms with Crippen LogP contribution in [0.1, 0.15) is 32.1 Å². The summed E-state index contributed by atoms with van der Waals surface area (Å²) < 4.78 is 5.48. The van der Waals surface area contributed by atoms with Crippen LogP contribution in [0.5, 0.6) is 0 Å². The zero-order valence-electron chi connectivity index (χ0n) is 11.2. The molecule has 0 aromatic carbocycles. The van der Waals surface area contributed by atoms with Crippen molar-refractivity contribution in [3.05, 3.63) is 0 Å². The van der Waals surface area contributed by atoms with Gasteiger partial charge in [0.25, 0.3) is 0 Å². The summed E-state index contributed by atoms with van der Waals surface area (Å²) in [5.74, 6) is 2.24. The Balaban J connectivity index is 1.84. The van der Waals surface area contributed by atoms with Gasteiger partial charge in [-0.25, -0.2) is 4.79 Å². The molecule has 0 spiro atoms. The molecule has 1 aliphatic carbocycles. The number of nitrogens with zero attached hydrogens (tertiary/aromatic N) is 1. The lowest BCUT2D eigenvalue weighted by atomic mass is 9.92. The molecule has 1 aliphatic heterocycles. The Labute approximate surface area is 114 Å². The molecule has 4 nitrogen and oxygen atoms in total. The van der Waals surface area contributed by atoms with Crippen molar-refractivity contribution >= 4 is 17.8 Å². The second kappa shape index (κ2) is 7.24. The quantitative estimate of drug-likeness (QED) is 0.837. The van der Waals surface area contributed by atoms with Gasteiger partial charge in [0.05, 0.1) is 12.1 Å². The summed E-state index contributed by atoms with van der Waals surface area (Å²) >= 11 is 1.94. The van der Waals surface area contributed by atoms with E-state index in [1.165, 1.54) is 18.6 Å².